The number of carbonyl (C=O) groups is 1. The van der Waals surface area contributed by atoms with Gasteiger partial charge in [-0.3, -0.25) is 9.69 Å². The third-order valence-electron chi connectivity index (χ3n) is 3.37. The predicted molar refractivity (Wildman–Crippen MR) is 67.3 cm³/mol. The Morgan fingerprint density at radius 1 is 1.44 bits per heavy atom. The third kappa shape index (κ3) is 3.11. The Bertz CT molecular complexity index is 370. The summed E-state index contributed by atoms with van der Waals surface area (Å²) in [5.41, 5.74) is 0.608. The first-order valence-corrected chi connectivity index (χ1v) is 6.42. The van der Waals surface area contributed by atoms with E-state index < -0.39 is 0 Å². The van der Waals surface area contributed by atoms with Crippen molar-refractivity contribution in [2.75, 3.05) is 32.7 Å². The van der Waals surface area contributed by atoms with Gasteiger partial charge in [0.1, 0.15) is 6.26 Å². The number of hydrogen-bond acceptors (Lipinski definition) is 4. The fourth-order valence-electron chi connectivity index (χ4n) is 2.13. The Labute approximate surface area is 107 Å². The number of aliphatic hydroxyl groups is 1. The van der Waals surface area contributed by atoms with Gasteiger partial charge in [-0.25, -0.2) is 0 Å². The van der Waals surface area contributed by atoms with Gasteiger partial charge in [-0.15, -0.1) is 0 Å². The van der Waals surface area contributed by atoms with Gasteiger partial charge in [-0.2, -0.15) is 0 Å². The van der Waals surface area contributed by atoms with Crippen LogP contribution in [0.1, 0.15) is 23.7 Å². The Hall–Kier alpha value is -1.33. The summed E-state index contributed by atoms with van der Waals surface area (Å²) >= 11 is 0. The molecule has 1 atom stereocenters. The van der Waals surface area contributed by atoms with Gasteiger partial charge >= 0.3 is 0 Å². The van der Waals surface area contributed by atoms with Crippen molar-refractivity contribution in [1.82, 2.24) is 9.80 Å². The summed E-state index contributed by atoms with van der Waals surface area (Å²) in [5.74, 6) is 0.0273. The van der Waals surface area contributed by atoms with Gasteiger partial charge in [0.25, 0.3) is 5.91 Å². The van der Waals surface area contributed by atoms with Crippen LogP contribution in [0.25, 0.3) is 0 Å². The summed E-state index contributed by atoms with van der Waals surface area (Å²) in [6, 6.07) is 1.69. The average Bonchev–Trinajstić information content (AvgIpc) is 2.92. The highest BCUT2D eigenvalue weighted by Gasteiger charge is 2.23. The molecule has 1 aromatic rings. The maximum Gasteiger partial charge on any atom is 0.257 e. The second-order valence-electron chi connectivity index (χ2n) is 4.67. The standard InChI is InChI=1S/C13H20N2O3/c1-2-12(16)9-14-4-6-15(7-5-14)13(17)11-3-8-18-10-11/h3,8,10,12,16H,2,4-7,9H2,1H3. The van der Waals surface area contributed by atoms with E-state index in [2.05, 4.69) is 4.90 Å². The number of rotatable bonds is 4. The van der Waals surface area contributed by atoms with Crippen LogP contribution in [0.3, 0.4) is 0 Å². The highest BCUT2D eigenvalue weighted by atomic mass is 16.3. The first-order valence-electron chi connectivity index (χ1n) is 6.42. The van der Waals surface area contributed by atoms with Gasteiger partial charge in [0.2, 0.25) is 0 Å². The minimum Gasteiger partial charge on any atom is -0.472 e. The Morgan fingerprint density at radius 3 is 2.72 bits per heavy atom. The summed E-state index contributed by atoms with van der Waals surface area (Å²) < 4.78 is 4.92. The molecule has 5 heteroatoms. The SMILES string of the molecule is CCC(O)CN1CCN(C(=O)c2ccoc2)CC1. The van der Waals surface area contributed by atoms with Gasteiger partial charge in [0.15, 0.2) is 0 Å². The summed E-state index contributed by atoms with van der Waals surface area (Å²) in [6.45, 7) is 5.73. The highest BCUT2D eigenvalue weighted by molar-refractivity contribution is 5.93. The molecular formula is C13H20N2O3. The molecule has 0 aliphatic carbocycles. The number of furan rings is 1. The lowest BCUT2D eigenvalue weighted by Crippen LogP contribution is -2.50. The van der Waals surface area contributed by atoms with Crippen molar-refractivity contribution in [2.24, 2.45) is 0 Å². The van der Waals surface area contributed by atoms with Gasteiger partial charge < -0.3 is 14.4 Å². The molecule has 1 aliphatic heterocycles. The maximum absolute atomic E-state index is 12.0. The molecular weight excluding hydrogens is 232 g/mol. The number of carbonyl (C=O) groups excluding carboxylic acids is 1. The van der Waals surface area contributed by atoms with E-state index in [1.54, 1.807) is 6.07 Å². The maximum atomic E-state index is 12.0. The van der Waals surface area contributed by atoms with Crippen LogP contribution in [0, 0.1) is 0 Å². The van der Waals surface area contributed by atoms with Crippen LogP contribution in [0.5, 0.6) is 0 Å². The van der Waals surface area contributed by atoms with E-state index in [1.165, 1.54) is 12.5 Å². The van der Waals surface area contributed by atoms with Crippen molar-refractivity contribution >= 4 is 5.91 Å². The van der Waals surface area contributed by atoms with Crippen LogP contribution in [0.15, 0.2) is 23.0 Å². The van der Waals surface area contributed by atoms with Gasteiger partial charge in [-0.05, 0) is 12.5 Å². The first-order chi connectivity index (χ1) is 8.70. The van der Waals surface area contributed by atoms with E-state index >= 15 is 0 Å². The summed E-state index contributed by atoms with van der Waals surface area (Å²) in [5, 5.41) is 9.60. The average molecular weight is 252 g/mol. The van der Waals surface area contributed by atoms with E-state index in [9.17, 15) is 9.90 Å². The summed E-state index contributed by atoms with van der Waals surface area (Å²) in [6.07, 6.45) is 3.51. The van der Waals surface area contributed by atoms with Gasteiger partial charge in [0, 0.05) is 32.7 Å². The summed E-state index contributed by atoms with van der Waals surface area (Å²) in [7, 11) is 0. The second kappa shape index (κ2) is 6.02. The first kappa shape index (κ1) is 13.1. The number of piperazine rings is 1. The Balaban J connectivity index is 1.81. The molecule has 1 unspecified atom stereocenters. The van der Waals surface area contributed by atoms with Crippen molar-refractivity contribution in [3.8, 4) is 0 Å². The lowest BCUT2D eigenvalue weighted by molar-refractivity contribution is 0.0523. The number of nitrogens with zero attached hydrogens (tertiary/aromatic N) is 2. The molecule has 1 aliphatic rings. The molecule has 18 heavy (non-hydrogen) atoms. The van der Waals surface area contributed by atoms with E-state index in [0.717, 1.165) is 19.5 Å². The molecule has 100 valence electrons. The monoisotopic (exact) mass is 252 g/mol. The van der Waals surface area contributed by atoms with Crippen molar-refractivity contribution < 1.29 is 14.3 Å². The molecule has 1 N–H and O–H groups in total. The molecule has 1 fully saturated rings. The second-order valence-corrected chi connectivity index (χ2v) is 4.67. The topological polar surface area (TPSA) is 56.9 Å². The molecule has 1 saturated heterocycles. The van der Waals surface area contributed by atoms with Crippen LogP contribution < -0.4 is 0 Å². The number of aliphatic hydroxyl groups excluding tert-OH is 1. The van der Waals surface area contributed by atoms with Crippen LogP contribution in [0.4, 0.5) is 0 Å². The lowest BCUT2D eigenvalue weighted by Gasteiger charge is -2.35. The molecule has 0 saturated carbocycles. The zero-order valence-electron chi connectivity index (χ0n) is 10.7. The van der Waals surface area contributed by atoms with E-state index in [0.29, 0.717) is 25.2 Å². The Kier molecular flexibility index (Phi) is 4.38. The van der Waals surface area contributed by atoms with Crippen molar-refractivity contribution in [1.29, 1.82) is 0 Å². The highest BCUT2D eigenvalue weighted by Crippen LogP contribution is 2.10. The fraction of sp³-hybridized carbons (Fsp3) is 0.615. The predicted octanol–water partition coefficient (Wildman–Crippen LogP) is 0.808. The minimum absolute atomic E-state index is 0.0273. The van der Waals surface area contributed by atoms with Crippen LogP contribution >= 0.6 is 0 Å². The van der Waals surface area contributed by atoms with Crippen LogP contribution in [-0.4, -0.2) is 59.6 Å². The molecule has 0 bridgehead atoms. The zero-order chi connectivity index (χ0) is 13.0. The van der Waals surface area contributed by atoms with Crippen LogP contribution in [-0.2, 0) is 0 Å². The number of amides is 1. The van der Waals surface area contributed by atoms with Crippen molar-refractivity contribution in [2.45, 2.75) is 19.4 Å². The smallest absolute Gasteiger partial charge is 0.257 e. The minimum atomic E-state index is -0.263. The largest absolute Gasteiger partial charge is 0.472 e. The van der Waals surface area contributed by atoms with E-state index in [4.69, 9.17) is 4.42 Å². The zero-order valence-corrected chi connectivity index (χ0v) is 10.7. The molecule has 0 spiro atoms. The summed E-state index contributed by atoms with van der Waals surface area (Å²) in [4.78, 5) is 16.1. The molecule has 0 aromatic carbocycles. The molecule has 1 aromatic heterocycles. The van der Waals surface area contributed by atoms with E-state index in [-0.39, 0.29) is 12.0 Å². The van der Waals surface area contributed by atoms with Crippen LogP contribution in [0.2, 0.25) is 0 Å². The lowest BCUT2D eigenvalue weighted by atomic mass is 10.2. The van der Waals surface area contributed by atoms with Crippen molar-refractivity contribution in [3.05, 3.63) is 24.2 Å². The number of β-amino-alcohol motifs (C(OH)–C–C–N with tert-alkyl or cyclic N) is 1. The molecule has 2 heterocycles. The van der Waals surface area contributed by atoms with Gasteiger partial charge in [0.05, 0.1) is 17.9 Å². The van der Waals surface area contributed by atoms with Crippen molar-refractivity contribution in [3.63, 3.8) is 0 Å². The van der Waals surface area contributed by atoms with E-state index in [1.807, 2.05) is 11.8 Å². The quantitative estimate of drug-likeness (QED) is 0.861. The third-order valence-corrected chi connectivity index (χ3v) is 3.37. The molecule has 1 amide bonds. The Morgan fingerprint density at radius 2 is 2.17 bits per heavy atom. The number of hydrogen-bond donors (Lipinski definition) is 1. The normalized spacial score (nSPS) is 18.9. The molecule has 2 rings (SSSR count). The molecule has 0 radical (unpaired) electrons. The van der Waals surface area contributed by atoms with Gasteiger partial charge in [-0.1, -0.05) is 6.92 Å². The fourth-order valence-corrected chi connectivity index (χ4v) is 2.13. The molecule has 5 nitrogen and oxygen atoms in total.